The van der Waals surface area contributed by atoms with E-state index in [-0.39, 0.29) is 36.7 Å². The average Bonchev–Trinajstić information content (AvgIpc) is 2.96. The van der Waals surface area contributed by atoms with Crippen LogP contribution in [-0.4, -0.2) is 55.4 Å². The molecule has 0 unspecified atom stereocenters. The number of aromatic nitrogens is 1. The zero-order valence-electron chi connectivity index (χ0n) is 24.9. The summed E-state index contributed by atoms with van der Waals surface area (Å²) in [4.78, 5) is 34.1. The number of hydroxylamine groups is 2. The number of unbranched alkanes of at least 4 members (excludes halogenated alkanes) is 3. The van der Waals surface area contributed by atoms with Gasteiger partial charge < -0.3 is 49.4 Å². The molecule has 43 heavy (non-hydrogen) atoms. The zero-order chi connectivity index (χ0) is 30.8. The molecular weight excluding hydrogens is 689 g/mol. The zero-order valence-corrected chi connectivity index (χ0v) is 27.8. The molecule has 3 N–H and O–H groups in total. The molecule has 0 aliphatic carbocycles. The Balaban J connectivity index is 0.00000924. The monoisotopic (exact) mass is 729 g/mol. The van der Waals surface area contributed by atoms with E-state index in [1.54, 1.807) is 40.2 Å². The van der Waals surface area contributed by atoms with Gasteiger partial charge in [-0.25, -0.2) is 9.86 Å². The van der Waals surface area contributed by atoms with Gasteiger partial charge in [-0.05, 0) is 64.3 Å². The summed E-state index contributed by atoms with van der Waals surface area (Å²) in [7, 11) is 0. The van der Waals surface area contributed by atoms with Gasteiger partial charge in [0.05, 0.1) is 24.4 Å². The second-order valence-electron chi connectivity index (χ2n) is 10.3. The van der Waals surface area contributed by atoms with Crippen molar-refractivity contribution in [2.45, 2.75) is 65.2 Å². The van der Waals surface area contributed by atoms with E-state index >= 15 is 0 Å². The quantitative estimate of drug-likeness (QED) is 0.0361. The number of alkyl carbamates (subject to hydrolysis) is 1. The van der Waals surface area contributed by atoms with Crippen LogP contribution in [0.2, 0.25) is 5.02 Å². The molecule has 0 atom stereocenters. The van der Waals surface area contributed by atoms with Crippen molar-refractivity contribution in [2.24, 2.45) is 10.7 Å². The Morgan fingerprint density at radius 1 is 1.09 bits per heavy atom. The summed E-state index contributed by atoms with van der Waals surface area (Å²) >= 11 is 5.89. The number of anilines is 1. The summed E-state index contributed by atoms with van der Waals surface area (Å²) in [6.07, 6.45) is 9.45. The van der Waals surface area contributed by atoms with Crippen molar-refractivity contribution >= 4 is 35.8 Å². The van der Waals surface area contributed by atoms with E-state index in [0.29, 0.717) is 44.1 Å². The van der Waals surface area contributed by atoms with Crippen molar-refractivity contribution in [2.75, 3.05) is 31.1 Å². The van der Waals surface area contributed by atoms with Crippen LogP contribution in [0.5, 0.6) is 5.75 Å². The molecule has 0 saturated heterocycles. The molecule has 1 heterocycles. The minimum atomic E-state index is -0.577. The molecule has 0 bridgehead atoms. The Hall–Kier alpha value is -3.35. The number of amides is 2. The van der Waals surface area contributed by atoms with Crippen LogP contribution >= 0.6 is 11.6 Å². The molecule has 0 aliphatic heterocycles. The van der Waals surface area contributed by atoms with E-state index in [4.69, 9.17) is 36.9 Å². The van der Waals surface area contributed by atoms with Gasteiger partial charge in [0.25, 0.3) is 6.73 Å². The second kappa shape index (κ2) is 20.5. The van der Waals surface area contributed by atoms with Crippen molar-refractivity contribution in [3.05, 3.63) is 53.8 Å². The van der Waals surface area contributed by atoms with Crippen LogP contribution < -0.4 is 49.2 Å². The number of hydrogen-bond donors (Lipinski definition) is 2. The third-order valence-electron chi connectivity index (χ3n) is 5.66. The highest BCUT2D eigenvalue weighted by molar-refractivity contribution is 6.30. The standard InChI is InChI=1S/C29H40ClN7O5.HI/c1-29(2,3)42-36(22-38)16-8-15-33-28(39)41-23-35-18-13-25(14-19-35)37(27(32)34-21-31)17-6-4-5-7-20-40-26-11-9-24(30)10-12-26;/h9-14,18-19,22H,4-8,15-17,20,23H2,1-3H3,(H2-,32,33,34,39);1H. The molecule has 236 valence electrons. The number of nitrogens with two attached hydrogens (primary N) is 1. The molecule has 0 spiro atoms. The SMILES string of the molecule is CC(C)(C)ON(C=O)CCCNC(=O)OC[n+]1ccc(N(CCCCCCOc2ccc(Cl)cc2)C(N)=NC#N)cc1.[I-]. The summed E-state index contributed by atoms with van der Waals surface area (Å²) in [6.45, 7) is 7.40. The van der Waals surface area contributed by atoms with Crippen molar-refractivity contribution in [1.82, 2.24) is 10.4 Å². The number of nitriles is 1. The number of nitrogens with one attached hydrogen (secondary N) is 1. The number of aliphatic imine (C=N–C) groups is 1. The Kier molecular flexibility index (Phi) is 18.0. The lowest BCUT2D eigenvalue weighted by Crippen LogP contribution is -3.00. The fourth-order valence-corrected chi connectivity index (χ4v) is 3.86. The maximum absolute atomic E-state index is 12.0. The van der Waals surface area contributed by atoms with Crippen LogP contribution in [0.15, 0.2) is 53.8 Å². The van der Waals surface area contributed by atoms with Gasteiger partial charge in [0.15, 0.2) is 12.4 Å². The van der Waals surface area contributed by atoms with E-state index in [9.17, 15) is 9.59 Å². The summed E-state index contributed by atoms with van der Waals surface area (Å²) < 4.78 is 12.7. The lowest BCUT2D eigenvalue weighted by molar-refractivity contribution is -0.727. The number of nitrogens with zero attached hydrogens (tertiary/aromatic N) is 5. The second-order valence-corrected chi connectivity index (χ2v) is 10.7. The van der Waals surface area contributed by atoms with Crippen LogP contribution in [0.25, 0.3) is 0 Å². The molecule has 0 aliphatic rings. The largest absolute Gasteiger partial charge is 1.00 e. The molecule has 0 saturated carbocycles. The van der Waals surface area contributed by atoms with E-state index in [0.717, 1.165) is 37.1 Å². The number of ether oxygens (including phenoxy) is 2. The normalized spacial score (nSPS) is 11.1. The molecule has 1 aromatic heterocycles. The van der Waals surface area contributed by atoms with Gasteiger partial charge in [0, 0.05) is 30.2 Å². The van der Waals surface area contributed by atoms with Crippen molar-refractivity contribution in [3.8, 4) is 11.9 Å². The van der Waals surface area contributed by atoms with Gasteiger partial charge in [-0.3, -0.25) is 9.63 Å². The first-order chi connectivity index (χ1) is 20.1. The number of guanidine groups is 1. The molecule has 2 aromatic rings. The summed E-state index contributed by atoms with van der Waals surface area (Å²) in [5.41, 5.74) is 6.33. The number of rotatable bonds is 17. The minimum absolute atomic E-state index is 0. The third kappa shape index (κ3) is 16.2. The Labute approximate surface area is 275 Å². The first-order valence-corrected chi connectivity index (χ1v) is 14.2. The first kappa shape index (κ1) is 37.7. The molecule has 14 heteroatoms. The van der Waals surface area contributed by atoms with E-state index < -0.39 is 11.7 Å². The maximum Gasteiger partial charge on any atom is 0.411 e. The predicted octanol–water partition coefficient (Wildman–Crippen LogP) is 1.14. The number of pyridine rings is 1. The third-order valence-corrected chi connectivity index (χ3v) is 5.91. The Morgan fingerprint density at radius 2 is 1.77 bits per heavy atom. The van der Waals surface area contributed by atoms with Crippen LogP contribution in [-0.2, 0) is 21.1 Å². The topological polar surface area (TPSA) is 146 Å². The molecule has 0 radical (unpaired) electrons. The van der Waals surface area contributed by atoms with Gasteiger partial charge >= 0.3 is 6.09 Å². The molecular formula is C29H41ClIN7O5. The molecule has 2 amide bonds. The van der Waals surface area contributed by atoms with Gasteiger partial charge in [-0.1, -0.05) is 24.4 Å². The Morgan fingerprint density at radius 3 is 2.40 bits per heavy atom. The predicted molar refractivity (Wildman–Crippen MR) is 159 cm³/mol. The average molecular weight is 730 g/mol. The van der Waals surface area contributed by atoms with Crippen LogP contribution in [0.4, 0.5) is 10.5 Å². The van der Waals surface area contributed by atoms with Gasteiger partial charge in [-0.15, -0.1) is 4.99 Å². The van der Waals surface area contributed by atoms with E-state index in [1.807, 2.05) is 45.0 Å². The number of benzene rings is 1. The lowest BCUT2D eigenvalue weighted by Gasteiger charge is -2.26. The minimum Gasteiger partial charge on any atom is -1.00 e. The van der Waals surface area contributed by atoms with Crippen molar-refractivity contribution < 1.29 is 52.4 Å². The molecule has 2 rings (SSSR count). The molecule has 0 fully saturated rings. The highest BCUT2D eigenvalue weighted by Crippen LogP contribution is 2.17. The number of halogens is 2. The highest BCUT2D eigenvalue weighted by Gasteiger charge is 2.16. The van der Waals surface area contributed by atoms with Gasteiger partial charge in [0.1, 0.15) is 5.75 Å². The summed E-state index contributed by atoms with van der Waals surface area (Å²) in [6, 6.07) is 10.9. The van der Waals surface area contributed by atoms with Crippen LogP contribution in [0, 0.1) is 11.5 Å². The number of carbonyl (C=O) groups is 2. The molecule has 12 nitrogen and oxygen atoms in total. The highest BCUT2D eigenvalue weighted by atomic mass is 127. The number of carbonyl (C=O) groups excluding carboxylic acids is 2. The van der Waals surface area contributed by atoms with Crippen molar-refractivity contribution in [1.29, 1.82) is 5.26 Å². The van der Waals surface area contributed by atoms with E-state index in [1.165, 1.54) is 5.06 Å². The van der Waals surface area contributed by atoms with Crippen LogP contribution in [0.1, 0.15) is 52.9 Å². The Bertz CT molecular complexity index is 1170. The number of hydrogen-bond acceptors (Lipinski definition) is 7. The van der Waals surface area contributed by atoms with Gasteiger partial charge in [-0.2, -0.15) is 9.83 Å². The van der Waals surface area contributed by atoms with E-state index in [2.05, 4.69) is 10.3 Å². The van der Waals surface area contributed by atoms with Crippen molar-refractivity contribution in [3.63, 3.8) is 0 Å². The summed E-state index contributed by atoms with van der Waals surface area (Å²) in [5.74, 6) is 0.904. The molecule has 1 aromatic carbocycles. The fraction of sp³-hybridized carbons (Fsp3) is 0.483. The smallest absolute Gasteiger partial charge is 0.411 e. The van der Waals surface area contributed by atoms with Crippen LogP contribution in [0.3, 0.4) is 0 Å². The summed E-state index contributed by atoms with van der Waals surface area (Å²) in [5, 5.41) is 13.5. The fourth-order valence-electron chi connectivity index (χ4n) is 3.73. The van der Waals surface area contributed by atoms with Gasteiger partial charge in [0.2, 0.25) is 18.6 Å². The first-order valence-electron chi connectivity index (χ1n) is 13.8. The lowest BCUT2D eigenvalue weighted by atomic mass is 10.2. The maximum atomic E-state index is 12.0.